The first-order valence-corrected chi connectivity index (χ1v) is 5.63. The predicted octanol–water partition coefficient (Wildman–Crippen LogP) is 0.479. The SMILES string of the molecule is CNCCCN(C)C(C(=O)OC)C1CC1. The summed E-state index contributed by atoms with van der Waals surface area (Å²) in [5.74, 6) is 0.446. The van der Waals surface area contributed by atoms with Crippen molar-refractivity contribution in [3.63, 3.8) is 0 Å². The highest BCUT2D eigenvalue weighted by atomic mass is 16.5. The molecule has 1 saturated carbocycles. The highest BCUT2D eigenvalue weighted by Gasteiger charge is 2.39. The summed E-state index contributed by atoms with van der Waals surface area (Å²) in [5.41, 5.74) is 0. The third-order valence-electron chi connectivity index (χ3n) is 2.92. The van der Waals surface area contributed by atoms with E-state index in [1.54, 1.807) is 0 Å². The molecule has 15 heavy (non-hydrogen) atoms. The number of esters is 1. The Morgan fingerprint density at radius 2 is 2.27 bits per heavy atom. The minimum Gasteiger partial charge on any atom is -0.468 e. The summed E-state index contributed by atoms with van der Waals surface area (Å²) in [4.78, 5) is 13.7. The van der Waals surface area contributed by atoms with Crippen LogP contribution in [0.1, 0.15) is 19.3 Å². The lowest BCUT2D eigenvalue weighted by atomic mass is 10.1. The van der Waals surface area contributed by atoms with Crippen molar-refractivity contribution in [1.29, 1.82) is 0 Å². The minimum absolute atomic E-state index is 0.0214. The van der Waals surface area contributed by atoms with E-state index in [9.17, 15) is 4.79 Å². The van der Waals surface area contributed by atoms with Gasteiger partial charge in [-0.15, -0.1) is 0 Å². The molecule has 0 aromatic rings. The molecule has 1 fully saturated rings. The number of methoxy groups -OCH3 is 1. The Morgan fingerprint density at radius 1 is 1.60 bits per heavy atom. The number of carbonyl (C=O) groups is 1. The number of hydrogen-bond donors (Lipinski definition) is 1. The maximum atomic E-state index is 11.6. The second-order valence-electron chi connectivity index (χ2n) is 4.24. The first kappa shape index (κ1) is 12.5. The number of carbonyl (C=O) groups excluding carboxylic acids is 1. The molecule has 0 saturated heterocycles. The molecular formula is C11H22N2O2. The van der Waals surface area contributed by atoms with Crippen LogP contribution < -0.4 is 5.32 Å². The van der Waals surface area contributed by atoms with Crippen LogP contribution in [0.4, 0.5) is 0 Å². The minimum atomic E-state index is -0.0792. The van der Waals surface area contributed by atoms with Crippen LogP contribution in [0.25, 0.3) is 0 Å². The summed E-state index contributed by atoms with van der Waals surface area (Å²) in [5, 5.41) is 3.11. The van der Waals surface area contributed by atoms with Gasteiger partial charge in [-0.1, -0.05) is 0 Å². The number of rotatable bonds is 7. The molecule has 1 rings (SSSR count). The summed E-state index contributed by atoms with van der Waals surface area (Å²) in [7, 11) is 5.42. The second-order valence-corrected chi connectivity index (χ2v) is 4.24. The molecule has 0 amide bonds. The topological polar surface area (TPSA) is 41.6 Å². The van der Waals surface area contributed by atoms with Crippen LogP contribution in [0, 0.1) is 5.92 Å². The van der Waals surface area contributed by atoms with Gasteiger partial charge in [0.2, 0.25) is 0 Å². The molecule has 1 aliphatic carbocycles. The molecule has 88 valence electrons. The van der Waals surface area contributed by atoms with Crippen LogP contribution in [0.5, 0.6) is 0 Å². The van der Waals surface area contributed by atoms with Crippen LogP contribution in [0.3, 0.4) is 0 Å². The van der Waals surface area contributed by atoms with Crippen LogP contribution in [-0.2, 0) is 9.53 Å². The van der Waals surface area contributed by atoms with E-state index < -0.39 is 0 Å². The Labute approximate surface area is 92.0 Å². The number of hydrogen-bond acceptors (Lipinski definition) is 4. The molecule has 4 heteroatoms. The van der Waals surface area contributed by atoms with E-state index >= 15 is 0 Å². The maximum absolute atomic E-state index is 11.6. The zero-order chi connectivity index (χ0) is 11.3. The second kappa shape index (κ2) is 6.08. The van der Waals surface area contributed by atoms with Crippen molar-refractivity contribution >= 4 is 5.97 Å². The van der Waals surface area contributed by atoms with Crippen molar-refractivity contribution in [3.8, 4) is 0 Å². The Bertz CT molecular complexity index is 205. The lowest BCUT2D eigenvalue weighted by Crippen LogP contribution is -2.42. The third-order valence-corrected chi connectivity index (χ3v) is 2.92. The van der Waals surface area contributed by atoms with Crippen molar-refractivity contribution in [1.82, 2.24) is 10.2 Å². The van der Waals surface area contributed by atoms with E-state index in [1.165, 1.54) is 7.11 Å². The van der Waals surface area contributed by atoms with Crippen molar-refractivity contribution in [2.45, 2.75) is 25.3 Å². The first-order chi connectivity index (χ1) is 7.20. The number of ether oxygens (including phenoxy) is 1. The third kappa shape index (κ3) is 3.80. The summed E-state index contributed by atoms with van der Waals surface area (Å²) in [6.45, 7) is 1.93. The van der Waals surface area contributed by atoms with Crippen molar-refractivity contribution < 1.29 is 9.53 Å². The van der Waals surface area contributed by atoms with Gasteiger partial charge >= 0.3 is 5.97 Å². The van der Waals surface area contributed by atoms with Crippen molar-refractivity contribution in [2.24, 2.45) is 5.92 Å². The van der Waals surface area contributed by atoms with Gasteiger partial charge in [0.05, 0.1) is 7.11 Å². The van der Waals surface area contributed by atoms with Crippen LogP contribution in [0.2, 0.25) is 0 Å². The number of likely N-dealkylation sites (N-methyl/N-ethyl adjacent to an activating group) is 1. The van der Waals surface area contributed by atoms with E-state index in [0.717, 1.165) is 32.4 Å². The van der Waals surface area contributed by atoms with E-state index in [1.807, 2.05) is 14.1 Å². The van der Waals surface area contributed by atoms with Gasteiger partial charge in [-0.3, -0.25) is 9.69 Å². The van der Waals surface area contributed by atoms with Crippen LogP contribution in [-0.4, -0.2) is 51.2 Å². The summed E-state index contributed by atoms with van der Waals surface area (Å²) in [6.07, 6.45) is 3.39. The Kier molecular flexibility index (Phi) is 5.05. The van der Waals surface area contributed by atoms with Crippen molar-refractivity contribution in [2.75, 3.05) is 34.3 Å². The molecule has 4 nitrogen and oxygen atoms in total. The maximum Gasteiger partial charge on any atom is 0.323 e. The molecule has 0 spiro atoms. The molecule has 0 bridgehead atoms. The number of nitrogens with zero attached hydrogens (tertiary/aromatic N) is 1. The highest BCUT2D eigenvalue weighted by Crippen LogP contribution is 2.35. The lowest BCUT2D eigenvalue weighted by molar-refractivity contribution is -0.147. The average Bonchev–Trinajstić information content (AvgIpc) is 3.02. The molecule has 1 N–H and O–H groups in total. The lowest BCUT2D eigenvalue weighted by Gasteiger charge is -2.25. The summed E-state index contributed by atoms with van der Waals surface area (Å²) >= 11 is 0. The normalized spacial score (nSPS) is 17.9. The van der Waals surface area contributed by atoms with Gasteiger partial charge in [-0.05, 0) is 52.4 Å². The van der Waals surface area contributed by atoms with Crippen LogP contribution in [0.15, 0.2) is 0 Å². The average molecular weight is 214 g/mol. The van der Waals surface area contributed by atoms with Gasteiger partial charge in [-0.25, -0.2) is 0 Å². The fourth-order valence-corrected chi connectivity index (χ4v) is 1.91. The molecule has 1 aliphatic rings. The van der Waals surface area contributed by atoms with E-state index in [-0.39, 0.29) is 12.0 Å². The van der Waals surface area contributed by atoms with Gasteiger partial charge in [-0.2, -0.15) is 0 Å². The molecule has 0 aromatic heterocycles. The molecular weight excluding hydrogens is 192 g/mol. The summed E-state index contributed by atoms with van der Waals surface area (Å²) < 4.78 is 4.84. The van der Waals surface area contributed by atoms with Crippen molar-refractivity contribution in [3.05, 3.63) is 0 Å². The Hall–Kier alpha value is -0.610. The molecule has 1 unspecified atom stereocenters. The highest BCUT2D eigenvalue weighted by molar-refractivity contribution is 5.76. The van der Waals surface area contributed by atoms with Gasteiger partial charge in [0.15, 0.2) is 0 Å². The zero-order valence-corrected chi connectivity index (χ0v) is 9.95. The first-order valence-electron chi connectivity index (χ1n) is 5.63. The van der Waals surface area contributed by atoms with Gasteiger partial charge < -0.3 is 10.1 Å². The standard InChI is InChI=1S/C11H22N2O2/c1-12-7-4-8-13(2)10(9-5-6-9)11(14)15-3/h9-10,12H,4-8H2,1-3H3. The van der Waals surface area contributed by atoms with Gasteiger partial charge in [0.1, 0.15) is 6.04 Å². The monoisotopic (exact) mass is 214 g/mol. The predicted molar refractivity (Wildman–Crippen MR) is 59.7 cm³/mol. The number of nitrogens with one attached hydrogen (secondary N) is 1. The molecule has 0 radical (unpaired) electrons. The van der Waals surface area contributed by atoms with E-state index in [2.05, 4.69) is 10.2 Å². The molecule has 0 heterocycles. The summed E-state index contributed by atoms with van der Waals surface area (Å²) in [6, 6.07) is -0.0214. The molecule has 0 aliphatic heterocycles. The largest absolute Gasteiger partial charge is 0.468 e. The van der Waals surface area contributed by atoms with Crippen LogP contribution >= 0.6 is 0 Å². The molecule has 1 atom stereocenters. The van der Waals surface area contributed by atoms with E-state index in [4.69, 9.17) is 4.74 Å². The van der Waals surface area contributed by atoms with E-state index in [0.29, 0.717) is 5.92 Å². The van der Waals surface area contributed by atoms with Gasteiger partial charge in [0.25, 0.3) is 0 Å². The Morgan fingerprint density at radius 3 is 2.73 bits per heavy atom. The molecule has 0 aromatic carbocycles. The van der Waals surface area contributed by atoms with Gasteiger partial charge in [0, 0.05) is 0 Å². The fourth-order valence-electron chi connectivity index (χ4n) is 1.91. The quantitative estimate of drug-likeness (QED) is 0.494. The smallest absolute Gasteiger partial charge is 0.323 e. The zero-order valence-electron chi connectivity index (χ0n) is 9.95. The fraction of sp³-hybridized carbons (Fsp3) is 0.909. The Balaban J connectivity index is 2.37.